The lowest BCUT2D eigenvalue weighted by Gasteiger charge is -2.25. The first kappa shape index (κ1) is 10.3. The Morgan fingerprint density at radius 1 is 1.54 bits per heavy atom. The minimum atomic E-state index is -0.783. The van der Waals surface area contributed by atoms with E-state index in [-0.39, 0.29) is 0 Å². The lowest BCUT2D eigenvalue weighted by Crippen LogP contribution is -2.38. The van der Waals surface area contributed by atoms with Crippen LogP contribution in [0.4, 0.5) is 4.79 Å². The van der Waals surface area contributed by atoms with Gasteiger partial charge >= 0.3 is 6.09 Å². The quantitative estimate of drug-likeness (QED) is 0.717. The van der Waals surface area contributed by atoms with Crippen LogP contribution in [0.3, 0.4) is 0 Å². The molecule has 1 aliphatic rings. The lowest BCUT2D eigenvalue weighted by molar-refractivity contribution is 0.148. The van der Waals surface area contributed by atoms with E-state index >= 15 is 0 Å². The molecule has 4 heteroatoms. The maximum Gasteiger partial charge on any atom is 0.407 e. The molecule has 0 saturated carbocycles. The molecule has 1 amide bonds. The first-order valence-electron chi connectivity index (χ1n) is 4.91. The lowest BCUT2D eigenvalue weighted by atomic mass is 10.2. The monoisotopic (exact) mass is 186 g/mol. The average molecular weight is 186 g/mol. The van der Waals surface area contributed by atoms with Crippen LogP contribution in [-0.4, -0.2) is 53.2 Å². The minimum absolute atomic E-state index is 0.436. The van der Waals surface area contributed by atoms with Crippen LogP contribution in [0.25, 0.3) is 0 Å². The molecule has 0 radical (unpaired) electrons. The molecular formula is C9H18N2O2. The molecule has 0 aromatic rings. The molecule has 0 bridgehead atoms. The summed E-state index contributed by atoms with van der Waals surface area (Å²) in [7, 11) is 0. The Balaban J connectivity index is 2.43. The Hall–Kier alpha value is -0.770. The maximum absolute atomic E-state index is 10.7. The first-order chi connectivity index (χ1) is 6.19. The zero-order valence-electron chi connectivity index (χ0n) is 8.36. The van der Waals surface area contributed by atoms with Gasteiger partial charge in [0.2, 0.25) is 0 Å². The first-order valence-corrected chi connectivity index (χ1v) is 4.91. The van der Waals surface area contributed by atoms with Crippen molar-refractivity contribution < 1.29 is 9.90 Å². The highest BCUT2D eigenvalue weighted by Gasteiger charge is 2.28. The highest BCUT2D eigenvalue weighted by molar-refractivity contribution is 5.65. The zero-order valence-corrected chi connectivity index (χ0v) is 8.36. The van der Waals surface area contributed by atoms with Gasteiger partial charge in [-0.25, -0.2) is 4.79 Å². The van der Waals surface area contributed by atoms with Crippen LogP contribution in [0.2, 0.25) is 0 Å². The van der Waals surface area contributed by atoms with Gasteiger partial charge in [-0.1, -0.05) is 13.8 Å². The Labute approximate surface area is 79.1 Å². The van der Waals surface area contributed by atoms with E-state index < -0.39 is 6.09 Å². The van der Waals surface area contributed by atoms with Gasteiger partial charge in [-0.15, -0.1) is 0 Å². The number of likely N-dealkylation sites (N-methyl/N-ethyl adjacent to an activating group) is 1. The summed E-state index contributed by atoms with van der Waals surface area (Å²) < 4.78 is 0. The van der Waals surface area contributed by atoms with E-state index in [0.717, 1.165) is 19.5 Å². The molecule has 0 unspecified atom stereocenters. The van der Waals surface area contributed by atoms with E-state index in [4.69, 9.17) is 5.11 Å². The van der Waals surface area contributed by atoms with E-state index in [1.54, 1.807) is 0 Å². The van der Waals surface area contributed by atoms with Gasteiger partial charge in [-0.3, -0.25) is 4.90 Å². The van der Waals surface area contributed by atoms with Crippen LogP contribution in [-0.2, 0) is 0 Å². The molecule has 1 fully saturated rings. The predicted octanol–water partition coefficient (Wildman–Crippen LogP) is 1.08. The summed E-state index contributed by atoms with van der Waals surface area (Å²) in [5, 5.41) is 8.77. The van der Waals surface area contributed by atoms with E-state index in [1.165, 1.54) is 4.90 Å². The fourth-order valence-corrected chi connectivity index (χ4v) is 1.95. The molecule has 1 N–H and O–H groups in total. The Kier molecular flexibility index (Phi) is 3.54. The van der Waals surface area contributed by atoms with Crippen molar-refractivity contribution in [3.63, 3.8) is 0 Å². The van der Waals surface area contributed by atoms with Crippen LogP contribution < -0.4 is 0 Å². The SMILES string of the molecule is CCN(CC)[C@@H]1CCN(C(=O)O)C1. The maximum atomic E-state index is 10.7. The third kappa shape index (κ3) is 2.34. The van der Waals surface area contributed by atoms with E-state index in [0.29, 0.717) is 19.1 Å². The molecule has 1 aliphatic heterocycles. The van der Waals surface area contributed by atoms with Crippen molar-refractivity contribution in [3.8, 4) is 0 Å². The second-order valence-electron chi connectivity index (χ2n) is 3.39. The average Bonchev–Trinajstić information content (AvgIpc) is 2.56. The fourth-order valence-electron chi connectivity index (χ4n) is 1.95. The van der Waals surface area contributed by atoms with Crippen LogP contribution in [0.15, 0.2) is 0 Å². The zero-order chi connectivity index (χ0) is 9.84. The minimum Gasteiger partial charge on any atom is -0.465 e. The summed E-state index contributed by atoms with van der Waals surface area (Å²) in [6.07, 6.45) is 0.197. The van der Waals surface area contributed by atoms with Crippen molar-refractivity contribution in [3.05, 3.63) is 0 Å². The molecule has 1 heterocycles. The topological polar surface area (TPSA) is 43.8 Å². The number of carbonyl (C=O) groups is 1. The van der Waals surface area contributed by atoms with Crippen molar-refractivity contribution in [2.24, 2.45) is 0 Å². The molecule has 0 aromatic heterocycles. The highest BCUT2D eigenvalue weighted by atomic mass is 16.4. The molecule has 13 heavy (non-hydrogen) atoms. The van der Waals surface area contributed by atoms with Crippen LogP contribution in [0.5, 0.6) is 0 Å². The smallest absolute Gasteiger partial charge is 0.407 e. The summed E-state index contributed by atoms with van der Waals surface area (Å²) in [4.78, 5) is 14.5. The standard InChI is InChI=1S/C9H18N2O2/c1-3-10(4-2)8-5-6-11(7-8)9(12)13/h8H,3-7H2,1-2H3,(H,12,13)/t8-/m1/s1. The molecule has 76 valence electrons. The normalized spacial score (nSPS) is 22.7. The number of amides is 1. The van der Waals surface area contributed by atoms with Gasteiger partial charge in [0.05, 0.1) is 0 Å². The van der Waals surface area contributed by atoms with Crippen molar-refractivity contribution in [1.82, 2.24) is 9.80 Å². The fraction of sp³-hybridized carbons (Fsp3) is 0.889. The van der Waals surface area contributed by atoms with Gasteiger partial charge in [0, 0.05) is 19.1 Å². The number of hydrogen-bond acceptors (Lipinski definition) is 2. The third-order valence-corrected chi connectivity index (χ3v) is 2.76. The Morgan fingerprint density at radius 2 is 2.15 bits per heavy atom. The number of nitrogens with zero attached hydrogens (tertiary/aromatic N) is 2. The van der Waals surface area contributed by atoms with Gasteiger partial charge in [0.25, 0.3) is 0 Å². The summed E-state index contributed by atoms with van der Waals surface area (Å²) in [6.45, 7) is 7.62. The molecular weight excluding hydrogens is 168 g/mol. The summed E-state index contributed by atoms with van der Waals surface area (Å²) in [5.41, 5.74) is 0. The Morgan fingerprint density at radius 3 is 2.54 bits per heavy atom. The van der Waals surface area contributed by atoms with Crippen LogP contribution in [0.1, 0.15) is 20.3 Å². The molecule has 0 aliphatic carbocycles. The van der Waals surface area contributed by atoms with Gasteiger partial charge in [-0.2, -0.15) is 0 Å². The highest BCUT2D eigenvalue weighted by Crippen LogP contribution is 2.14. The molecule has 0 spiro atoms. The van der Waals surface area contributed by atoms with Crippen LogP contribution in [0, 0.1) is 0 Å². The largest absolute Gasteiger partial charge is 0.465 e. The second-order valence-corrected chi connectivity index (χ2v) is 3.39. The van der Waals surface area contributed by atoms with Gasteiger partial charge in [0.1, 0.15) is 0 Å². The number of rotatable bonds is 3. The summed E-state index contributed by atoms with van der Waals surface area (Å²) >= 11 is 0. The number of hydrogen-bond donors (Lipinski definition) is 1. The van der Waals surface area contributed by atoms with Crippen molar-refractivity contribution in [1.29, 1.82) is 0 Å². The number of likely N-dealkylation sites (tertiary alicyclic amines) is 1. The van der Waals surface area contributed by atoms with Gasteiger partial charge in [-0.05, 0) is 19.5 Å². The summed E-state index contributed by atoms with van der Waals surface area (Å²) in [5.74, 6) is 0. The van der Waals surface area contributed by atoms with Crippen molar-refractivity contribution in [2.45, 2.75) is 26.3 Å². The van der Waals surface area contributed by atoms with Crippen molar-refractivity contribution >= 4 is 6.09 Å². The molecule has 4 nitrogen and oxygen atoms in total. The predicted molar refractivity (Wildman–Crippen MR) is 50.9 cm³/mol. The molecule has 1 atom stereocenters. The van der Waals surface area contributed by atoms with Gasteiger partial charge < -0.3 is 10.0 Å². The second kappa shape index (κ2) is 4.46. The van der Waals surface area contributed by atoms with E-state index in [1.807, 2.05) is 0 Å². The molecule has 1 rings (SSSR count). The van der Waals surface area contributed by atoms with Crippen LogP contribution >= 0.6 is 0 Å². The van der Waals surface area contributed by atoms with E-state index in [9.17, 15) is 4.79 Å². The third-order valence-electron chi connectivity index (χ3n) is 2.76. The molecule has 1 saturated heterocycles. The summed E-state index contributed by atoms with van der Waals surface area (Å²) in [6, 6.07) is 0.436. The van der Waals surface area contributed by atoms with Gasteiger partial charge in [0.15, 0.2) is 0 Å². The Bertz CT molecular complexity index is 180. The number of carboxylic acid groups (broad SMARTS) is 1. The van der Waals surface area contributed by atoms with E-state index in [2.05, 4.69) is 18.7 Å². The van der Waals surface area contributed by atoms with Crippen molar-refractivity contribution in [2.75, 3.05) is 26.2 Å². The molecule has 0 aromatic carbocycles.